The number of nitrogens with two attached hydrogens (primary N) is 1. The average molecular weight is 280 g/mol. The molecular weight excluding hydrogens is 256 g/mol. The lowest BCUT2D eigenvalue weighted by atomic mass is 10.1. The van der Waals surface area contributed by atoms with Crippen LogP contribution < -0.4 is 15.2 Å². The molecule has 5 nitrogen and oxygen atoms in total. The number of hydrogen-bond acceptors (Lipinski definition) is 4. The molecule has 0 aromatic heterocycles. The monoisotopic (exact) mass is 280 g/mol. The summed E-state index contributed by atoms with van der Waals surface area (Å²) in [5, 5.41) is 0. The van der Waals surface area contributed by atoms with Gasteiger partial charge in [0.05, 0.1) is 14.2 Å². The van der Waals surface area contributed by atoms with Crippen molar-refractivity contribution in [1.29, 1.82) is 0 Å². The molecule has 1 rings (SSSR count). The third kappa shape index (κ3) is 3.63. The van der Waals surface area contributed by atoms with Crippen molar-refractivity contribution in [2.45, 2.75) is 13.8 Å². The number of nitrogens with zero attached hydrogens (tertiary/aromatic N) is 1. The zero-order valence-electron chi connectivity index (χ0n) is 12.7. The highest BCUT2D eigenvalue weighted by atomic mass is 16.5. The molecule has 1 atom stereocenters. The summed E-state index contributed by atoms with van der Waals surface area (Å²) in [6.45, 7) is 5.75. The summed E-state index contributed by atoms with van der Waals surface area (Å²) in [5.74, 6) is 1.20. The van der Waals surface area contributed by atoms with E-state index in [4.69, 9.17) is 15.2 Å². The first kappa shape index (κ1) is 16.3. The first-order valence-electron chi connectivity index (χ1n) is 6.79. The highest BCUT2D eigenvalue weighted by Crippen LogP contribution is 2.29. The zero-order valence-corrected chi connectivity index (χ0v) is 12.7. The van der Waals surface area contributed by atoms with E-state index in [-0.39, 0.29) is 11.8 Å². The number of amides is 1. The van der Waals surface area contributed by atoms with Crippen LogP contribution in [-0.2, 0) is 0 Å². The fraction of sp³-hybridized carbons (Fsp3) is 0.533. The van der Waals surface area contributed by atoms with Crippen LogP contribution in [0, 0.1) is 5.92 Å². The molecule has 5 heteroatoms. The van der Waals surface area contributed by atoms with Crippen LogP contribution in [0.25, 0.3) is 0 Å². The summed E-state index contributed by atoms with van der Waals surface area (Å²) in [5.41, 5.74) is 6.10. The Hall–Kier alpha value is -1.75. The van der Waals surface area contributed by atoms with Gasteiger partial charge in [0.15, 0.2) is 0 Å². The van der Waals surface area contributed by atoms with E-state index in [1.54, 1.807) is 37.3 Å². The summed E-state index contributed by atoms with van der Waals surface area (Å²) in [4.78, 5) is 14.5. The summed E-state index contributed by atoms with van der Waals surface area (Å²) in [6.07, 6.45) is 0. The van der Waals surface area contributed by atoms with Crippen molar-refractivity contribution >= 4 is 5.91 Å². The van der Waals surface area contributed by atoms with E-state index in [9.17, 15) is 4.79 Å². The number of methoxy groups -OCH3 is 2. The molecular formula is C15H24N2O3. The third-order valence-electron chi connectivity index (χ3n) is 3.25. The maximum Gasteiger partial charge on any atom is 0.261 e. The van der Waals surface area contributed by atoms with Crippen molar-refractivity contribution in [3.05, 3.63) is 23.8 Å². The van der Waals surface area contributed by atoms with Crippen molar-refractivity contribution in [3.8, 4) is 11.5 Å². The van der Waals surface area contributed by atoms with Gasteiger partial charge < -0.3 is 20.1 Å². The molecule has 1 aromatic rings. The van der Waals surface area contributed by atoms with Gasteiger partial charge in [0.2, 0.25) is 0 Å². The molecule has 1 amide bonds. The molecule has 0 aliphatic carbocycles. The molecule has 1 aromatic carbocycles. The van der Waals surface area contributed by atoms with Crippen molar-refractivity contribution < 1.29 is 14.3 Å². The second-order valence-corrected chi connectivity index (χ2v) is 4.72. The molecule has 0 aliphatic heterocycles. The Morgan fingerprint density at radius 2 is 1.85 bits per heavy atom. The molecule has 1 unspecified atom stereocenters. The van der Waals surface area contributed by atoms with E-state index in [2.05, 4.69) is 0 Å². The highest BCUT2D eigenvalue weighted by molar-refractivity contribution is 5.99. The molecule has 0 fully saturated rings. The Kier molecular flexibility index (Phi) is 6.31. The van der Waals surface area contributed by atoms with Gasteiger partial charge in [-0.3, -0.25) is 4.79 Å². The van der Waals surface area contributed by atoms with Gasteiger partial charge in [-0.1, -0.05) is 13.0 Å². The lowest BCUT2D eigenvalue weighted by Gasteiger charge is -2.25. The summed E-state index contributed by atoms with van der Waals surface area (Å²) in [6, 6.07) is 5.32. The zero-order chi connectivity index (χ0) is 15.1. The first-order chi connectivity index (χ1) is 9.58. The van der Waals surface area contributed by atoms with Crippen LogP contribution in [0.2, 0.25) is 0 Å². The first-order valence-corrected chi connectivity index (χ1v) is 6.79. The van der Waals surface area contributed by atoms with Gasteiger partial charge in [0.1, 0.15) is 17.1 Å². The predicted molar refractivity (Wildman–Crippen MR) is 79.3 cm³/mol. The van der Waals surface area contributed by atoms with Crippen LogP contribution in [-0.4, -0.2) is 44.7 Å². The molecule has 0 radical (unpaired) electrons. The lowest BCUT2D eigenvalue weighted by Crippen LogP contribution is -2.36. The maximum absolute atomic E-state index is 12.7. The number of ether oxygens (including phenoxy) is 2. The van der Waals surface area contributed by atoms with E-state index < -0.39 is 0 Å². The molecule has 20 heavy (non-hydrogen) atoms. The van der Waals surface area contributed by atoms with Gasteiger partial charge in [-0.05, 0) is 31.5 Å². The normalized spacial score (nSPS) is 11.8. The number of benzene rings is 1. The molecule has 0 aliphatic rings. The minimum atomic E-state index is -0.0953. The Balaban J connectivity index is 3.11. The Morgan fingerprint density at radius 1 is 1.30 bits per heavy atom. The molecule has 0 saturated heterocycles. The van der Waals surface area contributed by atoms with Crippen molar-refractivity contribution in [1.82, 2.24) is 4.90 Å². The van der Waals surface area contributed by atoms with Crippen LogP contribution in [0.4, 0.5) is 0 Å². The smallest absolute Gasteiger partial charge is 0.261 e. The van der Waals surface area contributed by atoms with Gasteiger partial charge in [0.25, 0.3) is 5.91 Å². The van der Waals surface area contributed by atoms with E-state index in [0.29, 0.717) is 36.7 Å². The third-order valence-corrected chi connectivity index (χ3v) is 3.25. The van der Waals surface area contributed by atoms with Gasteiger partial charge in [-0.25, -0.2) is 0 Å². The fourth-order valence-corrected chi connectivity index (χ4v) is 2.03. The molecule has 0 bridgehead atoms. The topological polar surface area (TPSA) is 64.8 Å². The summed E-state index contributed by atoms with van der Waals surface area (Å²) >= 11 is 0. The van der Waals surface area contributed by atoms with Gasteiger partial charge >= 0.3 is 0 Å². The SMILES string of the molecule is CCN(CC(C)CN)C(=O)c1c(OC)cccc1OC. The summed E-state index contributed by atoms with van der Waals surface area (Å²) < 4.78 is 10.6. The Labute approximate surface area is 120 Å². The average Bonchev–Trinajstić information content (AvgIpc) is 2.50. The largest absolute Gasteiger partial charge is 0.496 e. The van der Waals surface area contributed by atoms with Crippen LogP contribution >= 0.6 is 0 Å². The van der Waals surface area contributed by atoms with Crippen molar-refractivity contribution in [2.24, 2.45) is 11.7 Å². The fourth-order valence-electron chi connectivity index (χ4n) is 2.03. The molecule has 112 valence electrons. The minimum absolute atomic E-state index is 0.0953. The van der Waals surface area contributed by atoms with Gasteiger partial charge in [-0.2, -0.15) is 0 Å². The molecule has 0 spiro atoms. The van der Waals surface area contributed by atoms with Gasteiger partial charge in [0, 0.05) is 13.1 Å². The lowest BCUT2D eigenvalue weighted by molar-refractivity contribution is 0.0737. The molecule has 2 N–H and O–H groups in total. The second kappa shape index (κ2) is 7.75. The number of carbonyl (C=O) groups excluding carboxylic acids is 1. The van der Waals surface area contributed by atoms with Crippen molar-refractivity contribution in [3.63, 3.8) is 0 Å². The Morgan fingerprint density at radius 3 is 2.25 bits per heavy atom. The maximum atomic E-state index is 12.7. The minimum Gasteiger partial charge on any atom is -0.496 e. The Bertz CT molecular complexity index is 426. The van der Waals surface area contributed by atoms with Crippen LogP contribution in [0.1, 0.15) is 24.2 Å². The molecule has 0 saturated carbocycles. The number of hydrogen-bond donors (Lipinski definition) is 1. The van der Waals surface area contributed by atoms with E-state index in [1.165, 1.54) is 0 Å². The number of rotatable bonds is 7. The molecule has 0 heterocycles. The van der Waals surface area contributed by atoms with E-state index >= 15 is 0 Å². The van der Waals surface area contributed by atoms with Gasteiger partial charge in [-0.15, -0.1) is 0 Å². The van der Waals surface area contributed by atoms with Crippen LogP contribution in [0.3, 0.4) is 0 Å². The quantitative estimate of drug-likeness (QED) is 0.826. The van der Waals surface area contributed by atoms with E-state index in [0.717, 1.165) is 0 Å². The summed E-state index contributed by atoms with van der Waals surface area (Å²) in [7, 11) is 3.09. The van der Waals surface area contributed by atoms with Crippen molar-refractivity contribution in [2.75, 3.05) is 33.9 Å². The highest BCUT2D eigenvalue weighted by Gasteiger charge is 2.23. The van der Waals surface area contributed by atoms with Crippen LogP contribution in [0.15, 0.2) is 18.2 Å². The number of carbonyl (C=O) groups is 1. The standard InChI is InChI=1S/C15H24N2O3/c1-5-17(10-11(2)9-16)15(18)14-12(19-3)7-6-8-13(14)20-4/h6-8,11H,5,9-10,16H2,1-4H3. The van der Waals surface area contributed by atoms with E-state index in [1.807, 2.05) is 13.8 Å². The predicted octanol–water partition coefficient (Wildman–Crippen LogP) is 1.76. The second-order valence-electron chi connectivity index (χ2n) is 4.72. The van der Waals surface area contributed by atoms with Crippen LogP contribution in [0.5, 0.6) is 11.5 Å².